The Bertz CT molecular complexity index is 1330. The van der Waals surface area contributed by atoms with Crippen molar-refractivity contribution in [3.05, 3.63) is 113 Å². The molecule has 158 valence electrons. The van der Waals surface area contributed by atoms with E-state index in [4.69, 9.17) is 4.98 Å². The molecule has 1 aliphatic heterocycles. The number of carboxylic acids is 1. The summed E-state index contributed by atoms with van der Waals surface area (Å²) >= 11 is 0. The molecule has 0 radical (unpaired) electrons. The lowest BCUT2D eigenvalue weighted by Crippen LogP contribution is -2.31. The van der Waals surface area contributed by atoms with E-state index in [9.17, 15) is 14.3 Å². The SMILES string of the molecule is O=C(O)c1c2c(nc3ccccc13)/C(=C\c1ccc(F)cc1)CN(Cc1ccccc1)C2. The van der Waals surface area contributed by atoms with Gasteiger partial charge in [0.2, 0.25) is 0 Å². The van der Waals surface area contributed by atoms with E-state index < -0.39 is 5.97 Å². The molecule has 0 spiro atoms. The first-order valence-corrected chi connectivity index (χ1v) is 10.5. The Kier molecular flexibility index (Phi) is 5.25. The van der Waals surface area contributed by atoms with Crippen LogP contribution in [0.5, 0.6) is 0 Å². The fraction of sp³-hybridized carbons (Fsp3) is 0.111. The van der Waals surface area contributed by atoms with Gasteiger partial charge in [0.15, 0.2) is 0 Å². The van der Waals surface area contributed by atoms with Crippen LogP contribution in [0.1, 0.15) is 32.7 Å². The summed E-state index contributed by atoms with van der Waals surface area (Å²) < 4.78 is 13.4. The van der Waals surface area contributed by atoms with E-state index in [0.29, 0.717) is 47.4 Å². The van der Waals surface area contributed by atoms with E-state index in [1.54, 1.807) is 12.1 Å². The highest BCUT2D eigenvalue weighted by Crippen LogP contribution is 2.34. The molecule has 0 bridgehead atoms. The second-order valence-corrected chi connectivity index (χ2v) is 7.99. The summed E-state index contributed by atoms with van der Waals surface area (Å²) in [7, 11) is 0. The maximum absolute atomic E-state index is 13.4. The summed E-state index contributed by atoms with van der Waals surface area (Å²) in [6, 6.07) is 23.7. The number of pyridine rings is 1. The van der Waals surface area contributed by atoms with Gasteiger partial charge >= 0.3 is 5.97 Å². The van der Waals surface area contributed by atoms with Gasteiger partial charge in [-0.25, -0.2) is 14.2 Å². The van der Waals surface area contributed by atoms with Crippen molar-refractivity contribution in [3.8, 4) is 0 Å². The van der Waals surface area contributed by atoms with E-state index in [1.807, 2.05) is 48.5 Å². The van der Waals surface area contributed by atoms with Crippen LogP contribution in [0.4, 0.5) is 4.39 Å². The van der Waals surface area contributed by atoms with E-state index in [2.05, 4.69) is 17.0 Å². The third kappa shape index (κ3) is 3.90. The molecule has 5 heteroatoms. The molecule has 0 amide bonds. The maximum atomic E-state index is 13.4. The van der Waals surface area contributed by atoms with Crippen molar-refractivity contribution in [1.82, 2.24) is 9.88 Å². The second-order valence-electron chi connectivity index (χ2n) is 7.99. The third-order valence-electron chi connectivity index (χ3n) is 5.75. The van der Waals surface area contributed by atoms with Gasteiger partial charge in [0.1, 0.15) is 5.82 Å². The Morgan fingerprint density at radius 3 is 2.44 bits per heavy atom. The largest absolute Gasteiger partial charge is 0.478 e. The van der Waals surface area contributed by atoms with Crippen LogP contribution in [0.2, 0.25) is 0 Å². The first kappa shape index (κ1) is 20.1. The standard InChI is InChI=1S/C27H21FN2O2/c28-21-12-10-18(11-13-21)14-20-16-30(15-19-6-2-1-3-7-19)17-23-25(27(31)32)22-8-4-5-9-24(22)29-26(20)23/h1-14H,15-17H2,(H,31,32)/b20-14-. The Morgan fingerprint density at radius 2 is 1.69 bits per heavy atom. The minimum absolute atomic E-state index is 0.292. The fourth-order valence-electron chi connectivity index (χ4n) is 4.34. The second kappa shape index (κ2) is 8.36. The number of fused-ring (bicyclic) bond motifs is 2. The molecule has 4 nitrogen and oxygen atoms in total. The van der Waals surface area contributed by atoms with Gasteiger partial charge in [-0.3, -0.25) is 4.90 Å². The molecule has 2 heterocycles. The molecule has 32 heavy (non-hydrogen) atoms. The van der Waals surface area contributed by atoms with Gasteiger partial charge < -0.3 is 5.11 Å². The highest BCUT2D eigenvalue weighted by molar-refractivity contribution is 6.06. The lowest BCUT2D eigenvalue weighted by Gasteiger charge is -2.31. The molecule has 0 atom stereocenters. The number of rotatable bonds is 4. The molecule has 1 N–H and O–H groups in total. The number of aromatic carboxylic acids is 1. The summed E-state index contributed by atoms with van der Waals surface area (Å²) in [5.41, 5.74) is 5.30. The van der Waals surface area contributed by atoms with Gasteiger partial charge in [0.05, 0.1) is 16.8 Å². The molecular formula is C27H21FN2O2. The van der Waals surface area contributed by atoms with Gasteiger partial charge in [0.25, 0.3) is 0 Å². The van der Waals surface area contributed by atoms with Crippen molar-refractivity contribution >= 4 is 28.5 Å². The van der Waals surface area contributed by atoms with Crippen LogP contribution < -0.4 is 0 Å². The first-order valence-electron chi connectivity index (χ1n) is 10.5. The van der Waals surface area contributed by atoms with Crippen molar-refractivity contribution in [2.75, 3.05) is 6.54 Å². The highest BCUT2D eigenvalue weighted by atomic mass is 19.1. The van der Waals surface area contributed by atoms with Crippen LogP contribution in [0, 0.1) is 5.82 Å². The molecule has 4 aromatic rings. The molecule has 3 aromatic carbocycles. The van der Waals surface area contributed by atoms with E-state index >= 15 is 0 Å². The van der Waals surface area contributed by atoms with Gasteiger partial charge in [0, 0.05) is 30.6 Å². The summed E-state index contributed by atoms with van der Waals surface area (Å²) in [4.78, 5) is 19.4. The van der Waals surface area contributed by atoms with Crippen molar-refractivity contribution in [3.63, 3.8) is 0 Å². The minimum atomic E-state index is -0.956. The zero-order chi connectivity index (χ0) is 22.1. The smallest absolute Gasteiger partial charge is 0.336 e. The Hall–Kier alpha value is -3.83. The Balaban J connectivity index is 1.68. The highest BCUT2D eigenvalue weighted by Gasteiger charge is 2.28. The van der Waals surface area contributed by atoms with Gasteiger partial charge in [-0.05, 0) is 41.0 Å². The molecule has 0 unspecified atom stereocenters. The number of nitrogens with zero attached hydrogens (tertiary/aromatic N) is 2. The molecular weight excluding hydrogens is 403 g/mol. The van der Waals surface area contributed by atoms with E-state index in [0.717, 1.165) is 16.7 Å². The number of carboxylic acid groups (broad SMARTS) is 1. The van der Waals surface area contributed by atoms with Crippen LogP contribution in [-0.4, -0.2) is 27.5 Å². The van der Waals surface area contributed by atoms with Crippen molar-refractivity contribution in [2.45, 2.75) is 13.1 Å². The monoisotopic (exact) mass is 424 g/mol. The van der Waals surface area contributed by atoms with Gasteiger partial charge in [-0.15, -0.1) is 0 Å². The number of hydrogen-bond donors (Lipinski definition) is 1. The average Bonchev–Trinajstić information content (AvgIpc) is 2.80. The number of hydrogen-bond acceptors (Lipinski definition) is 3. The molecule has 0 aliphatic carbocycles. The fourth-order valence-corrected chi connectivity index (χ4v) is 4.34. The number of aromatic nitrogens is 1. The van der Waals surface area contributed by atoms with Crippen LogP contribution in [0.15, 0.2) is 78.9 Å². The molecule has 1 aliphatic rings. The normalized spacial score (nSPS) is 15.1. The van der Waals surface area contributed by atoms with E-state index in [1.165, 1.54) is 12.1 Å². The zero-order valence-electron chi connectivity index (χ0n) is 17.3. The summed E-state index contributed by atoms with van der Waals surface area (Å²) in [6.07, 6.45) is 1.98. The van der Waals surface area contributed by atoms with Crippen LogP contribution in [0.25, 0.3) is 22.6 Å². The predicted molar refractivity (Wildman–Crippen MR) is 124 cm³/mol. The quantitative estimate of drug-likeness (QED) is 0.461. The Labute approximate surface area is 185 Å². The van der Waals surface area contributed by atoms with Crippen molar-refractivity contribution in [2.24, 2.45) is 0 Å². The Morgan fingerprint density at radius 1 is 0.969 bits per heavy atom. The molecule has 5 rings (SSSR count). The molecule has 1 aromatic heterocycles. The number of benzene rings is 3. The molecule has 0 fully saturated rings. The third-order valence-corrected chi connectivity index (χ3v) is 5.75. The van der Waals surface area contributed by atoms with E-state index in [-0.39, 0.29) is 5.82 Å². The number of carbonyl (C=O) groups is 1. The molecule has 0 saturated heterocycles. The summed E-state index contributed by atoms with van der Waals surface area (Å²) in [5, 5.41) is 10.8. The van der Waals surface area contributed by atoms with Crippen LogP contribution >= 0.6 is 0 Å². The lowest BCUT2D eigenvalue weighted by molar-refractivity contribution is 0.0696. The van der Waals surface area contributed by atoms with Crippen LogP contribution in [-0.2, 0) is 13.1 Å². The van der Waals surface area contributed by atoms with Crippen molar-refractivity contribution < 1.29 is 14.3 Å². The first-order chi connectivity index (χ1) is 15.6. The number of halogens is 1. The number of para-hydroxylation sites is 1. The van der Waals surface area contributed by atoms with Gasteiger partial charge in [-0.2, -0.15) is 0 Å². The topological polar surface area (TPSA) is 53.4 Å². The zero-order valence-corrected chi connectivity index (χ0v) is 17.3. The minimum Gasteiger partial charge on any atom is -0.478 e. The van der Waals surface area contributed by atoms with Crippen LogP contribution in [0.3, 0.4) is 0 Å². The lowest BCUT2D eigenvalue weighted by atomic mass is 9.91. The van der Waals surface area contributed by atoms with Crippen molar-refractivity contribution in [1.29, 1.82) is 0 Å². The average molecular weight is 424 g/mol. The maximum Gasteiger partial charge on any atom is 0.336 e. The summed E-state index contributed by atoms with van der Waals surface area (Å²) in [6.45, 7) is 1.79. The predicted octanol–water partition coefficient (Wildman–Crippen LogP) is 5.63. The summed E-state index contributed by atoms with van der Waals surface area (Å²) in [5.74, 6) is -1.25. The molecule has 0 saturated carbocycles. The van der Waals surface area contributed by atoms with Gasteiger partial charge in [-0.1, -0.05) is 60.7 Å².